The maximum absolute atomic E-state index is 12.1. The van der Waals surface area contributed by atoms with E-state index in [-0.39, 0.29) is 11.8 Å². The summed E-state index contributed by atoms with van der Waals surface area (Å²) in [5.41, 5.74) is 6.23. The molecule has 108 valence electrons. The molecule has 2 atom stereocenters. The fourth-order valence-corrected chi connectivity index (χ4v) is 3.21. The van der Waals surface area contributed by atoms with E-state index in [1.54, 1.807) is 17.0 Å². The van der Waals surface area contributed by atoms with E-state index in [0.717, 1.165) is 5.56 Å². The zero-order chi connectivity index (χ0) is 14.9. The highest BCUT2D eigenvalue weighted by Crippen LogP contribution is 2.35. The fraction of sp³-hybridized carbons (Fsp3) is 0.429. The molecule has 0 saturated carbocycles. The van der Waals surface area contributed by atoms with Gasteiger partial charge < -0.3 is 10.6 Å². The number of rotatable bonds is 4. The van der Waals surface area contributed by atoms with Crippen LogP contribution in [0.2, 0.25) is 10.0 Å². The molecule has 0 aliphatic carbocycles. The molecule has 1 fully saturated rings. The number of amides is 2. The predicted molar refractivity (Wildman–Crippen MR) is 78.8 cm³/mol. The van der Waals surface area contributed by atoms with Gasteiger partial charge in [0.05, 0.1) is 0 Å². The number of hydrogen-bond acceptors (Lipinski definition) is 2. The summed E-state index contributed by atoms with van der Waals surface area (Å²) in [4.78, 5) is 25.0. The van der Waals surface area contributed by atoms with Gasteiger partial charge in [-0.05, 0) is 24.1 Å². The molecule has 2 amide bonds. The van der Waals surface area contributed by atoms with Crippen molar-refractivity contribution in [2.24, 2.45) is 5.73 Å². The van der Waals surface area contributed by atoms with Gasteiger partial charge in [-0.3, -0.25) is 9.59 Å². The van der Waals surface area contributed by atoms with Crippen LogP contribution in [0, 0.1) is 0 Å². The van der Waals surface area contributed by atoms with Crippen LogP contribution in [0.3, 0.4) is 0 Å². The van der Waals surface area contributed by atoms with E-state index >= 15 is 0 Å². The lowest BCUT2D eigenvalue weighted by molar-refractivity contribution is -0.136. The van der Waals surface area contributed by atoms with Crippen molar-refractivity contribution in [2.45, 2.75) is 31.7 Å². The summed E-state index contributed by atoms with van der Waals surface area (Å²) < 4.78 is 0. The van der Waals surface area contributed by atoms with Crippen LogP contribution in [-0.2, 0) is 9.59 Å². The maximum atomic E-state index is 12.1. The van der Waals surface area contributed by atoms with Crippen molar-refractivity contribution in [3.63, 3.8) is 0 Å². The van der Waals surface area contributed by atoms with Crippen molar-refractivity contribution in [3.05, 3.63) is 33.8 Å². The van der Waals surface area contributed by atoms with Gasteiger partial charge in [-0.2, -0.15) is 0 Å². The third-order valence-corrected chi connectivity index (χ3v) is 4.21. The number of likely N-dealkylation sites (tertiary alicyclic amines) is 1. The van der Waals surface area contributed by atoms with E-state index in [1.165, 1.54) is 0 Å². The van der Waals surface area contributed by atoms with E-state index in [9.17, 15) is 9.59 Å². The minimum atomic E-state index is -0.543. The molecule has 2 N–H and O–H groups in total. The van der Waals surface area contributed by atoms with E-state index < -0.39 is 11.9 Å². The third kappa shape index (κ3) is 2.91. The number of nitrogens with two attached hydrogens (primary N) is 1. The van der Waals surface area contributed by atoms with Crippen LogP contribution >= 0.6 is 23.2 Å². The van der Waals surface area contributed by atoms with Crippen LogP contribution in [0.5, 0.6) is 0 Å². The molecular weight excluding hydrogens is 299 g/mol. The lowest BCUT2D eigenvalue weighted by Gasteiger charge is -2.24. The second kappa shape index (κ2) is 6.02. The Hall–Kier alpha value is -1.26. The van der Waals surface area contributed by atoms with Crippen molar-refractivity contribution >= 4 is 35.0 Å². The summed E-state index contributed by atoms with van der Waals surface area (Å²) in [6.07, 6.45) is 0.854. The van der Waals surface area contributed by atoms with Crippen molar-refractivity contribution in [1.29, 1.82) is 0 Å². The van der Waals surface area contributed by atoms with Crippen LogP contribution in [0.15, 0.2) is 18.2 Å². The highest BCUT2D eigenvalue weighted by Gasteiger charge is 2.37. The predicted octanol–water partition coefficient (Wildman–Crippen LogP) is 2.57. The third-order valence-electron chi connectivity index (χ3n) is 3.65. The zero-order valence-electron chi connectivity index (χ0n) is 11.1. The minimum Gasteiger partial charge on any atom is -0.368 e. The molecule has 1 aliphatic rings. The number of carbonyl (C=O) groups excluding carboxylic acids is 2. The van der Waals surface area contributed by atoms with Crippen LogP contribution in [0.4, 0.5) is 0 Å². The average molecular weight is 315 g/mol. The largest absolute Gasteiger partial charge is 0.368 e. The molecule has 0 radical (unpaired) electrons. The van der Waals surface area contributed by atoms with Gasteiger partial charge in [0.15, 0.2) is 0 Å². The molecule has 4 nitrogen and oxygen atoms in total. The Kier molecular flexibility index (Phi) is 4.55. The number of halogens is 2. The van der Waals surface area contributed by atoms with E-state index in [4.69, 9.17) is 28.9 Å². The summed E-state index contributed by atoms with van der Waals surface area (Å²) in [6, 6.07) is 4.70. The number of primary amides is 1. The monoisotopic (exact) mass is 314 g/mol. The first-order valence-corrected chi connectivity index (χ1v) is 7.23. The molecule has 6 heteroatoms. The van der Waals surface area contributed by atoms with E-state index in [1.807, 2.05) is 13.0 Å². The van der Waals surface area contributed by atoms with Crippen LogP contribution in [0.25, 0.3) is 0 Å². The fourth-order valence-electron chi connectivity index (χ4n) is 2.65. The van der Waals surface area contributed by atoms with Crippen LogP contribution in [-0.4, -0.2) is 29.3 Å². The molecular formula is C14H16Cl2N2O2. The molecule has 1 heterocycles. The number of benzene rings is 1. The standard InChI is InChI=1S/C14H16Cl2N2O2/c1-2-12(14(17)20)18-7-8(5-13(18)19)10-4-3-9(15)6-11(10)16/h3-4,6,8,12H,2,5,7H2,1H3,(H2,17,20). The van der Waals surface area contributed by atoms with Crippen molar-refractivity contribution in [2.75, 3.05) is 6.54 Å². The normalized spacial score (nSPS) is 20.2. The number of carbonyl (C=O) groups is 2. The summed E-state index contributed by atoms with van der Waals surface area (Å²) >= 11 is 12.0. The van der Waals surface area contributed by atoms with Gasteiger partial charge in [-0.25, -0.2) is 0 Å². The molecule has 1 aromatic rings. The van der Waals surface area contributed by atoms with E-state index in [2.05, 4.69) is 0 Å². The Bertz CT molecular complexity index is 548. The van der Waals surface area contributed by atoms with Gasteiger partial charge in [0, 0.05) is 28.9 Å². The molecule has 20 heavy (non-hydrogen) atoms. The quantitative estimate of drug-likeness (QED) is 0.928. The number of nitrogens with zero attached hydrogens (tertiary/aromatic N) is 1. The highest BCUT2D eigenvalue weighted by atomic mass is 35.5. The Balaban J connectivity index is 2.22. The van der Waals surface area contributed by atoms with Gasteiger partial charge in [0.25, 0.3) is 0 Å². The molecule has 2 rings (SSSR count). The van der Waals surface area contributed by atoms with Crippen LogP contribution in [0.1, 0.15) is 31.2 Å². The first-order chi connectivity index (χ1) is 9.43. The zero-order valence-corrected chi connectivity index (χ0v) is 12.6. The SMILES string of the molecule is CCC(C(N)=O)N1CC(c2ccc(Cl)cc2Cl)CC1=O. The number of hydrogen-bond donors (Lipinski definition) is 1. The molecule has 0 aromatic heterocycles. The van der Waals surface area contributed by atoms with Crippen LogP contribution < -0.4 is 5.73 Å². The Labute approximate surface area is 127 Å². The Morgan fingerprint density at radius 3 is 2.75 bits per heavy atom. The first kappa shape index (κ1) is 15.1. The minimum absolute atomic E-state index is 0.0272. The average Bonchev–Trinajstić information content (AvgIpc) is 2.72. The molecule has 1 aromatic carbocycles. The smallest absolute Gasteiger partial charge is 0.240 e. The second-order valence-corrected chi connectivity index (χ2v) is 5.78. The lowest BCUT2D eigenvalue weighted by atomic mass is 9.98. The lowest BCUT2D eigenvalue weighted by Crippen LogP contribution is -2.45. The molecule has 0 spiro atoms. The molecule has 0 bridgehead atoms. The van der Waals surface area contributed by atoms with Crippen molar-refractivity contribution < 1.29 is 9.59 Å². The van der Waals surface area contributed by atoms with E-state index in [0.29, 0.717) is 29.4 Å². The van der Waals surface area contributed by atoms with Gasteiger partial charge >= 0.3 is 0 Å². The van der Waals surface area contributed by atoms with Gasteiger partial charge in [-0.15, -0.1) is 0 Å². The van der Waals surface area contributed by atoms with Crippen molar-refractivity contribution in [3.8, 4) is 0 Å². The Morgan fingerprint density at radius 1 is 1.50 bits per heavy atom. The maximum Gasteiger partial charge on any atom is 0.240 e. The summed E-state index contributed by atoms with van der Waals surface area (Å²) in [7, 11) is 0. The topological polar surface area (TPSA) is 63.4 Å². The summed E-state index contributed by atoms with van der Waals surface area (Å²) in [6.45, 7) is 2.30. The summed E-state index contributed by atoms with van der Waals surface area (Å²) in [5, 5.41) is 1.10. The van der Waals surface area contributed by atoms with Gasteiger partial charge in [0.2, 0.25) is 11.8 Å². The molecule has 1 aliphatic heterocycles. The summed E-state index contributed by atoms with van der Waals surface area (Å²) in [5.74, 6) is -0.559. The molecule has 1 saturated heterocycles. The highest BCUT2D eigenvalue weighted by molar-refractivity contribution is 6.35. The van der Waals surface area contributed by atoms with Gasteiger partial charge in [0.1, 0.15) is 6.04 Å². The second-order valence-electron chi connectivity index (χ2n) is 4.94. The van der Waals surface area contributed by atoms with Gasteiger partial charge in [-0.1, -0.05) is 36.2 Å². The Morgan fingerprint density at radius 2 is 2.20 bits per heavy atom. The van der Waals surface area contributed by atoms with Crippen molar-refractivity contribution in [1.82, 2.24) is 4.90 Å². The molecule has 2 unspecified atom stereocenters. The first-order valence-electron chi connectivity index (χ1n) is 6.47.